The highest BCUT2D eigenvalue weighted by Crippen LogP contribution is 2.21. The molecule has 0 radical (unpaired) electrons. The van der Waals surface area contributed by atoms with Gasteiger partial charge in [-0.15, -0.1) is 11.3 Å². The SMILES string of the molecule is CCCSCC(Cc1cc(Br)cs1)NN. The van der Waals surface area contributed by atoms with E-state index in [1.165, 1.54) is 21.5 Å². The summed E-state index contributed by atoms with van der Waals surface area (Å²) in [7, 11) is 0. The predicted octanol–water partition coefficient (Wildman–Crippen LogP) is 3.03. The van der Waals surface area contributed by atoms with E-state index >= 15 is 0 Å². The summed E-state index contributed by atoms with van der Waals surface area (Å²) in [5, 5.41) is 2.11. The second-order valence-electron chi connectivity index (χ2n) is 3.37. The number of hydrogen-bond donors (Lipinski definition) is 2. The van der Waals surface area contributed by atoms with Crippen molar-refractivity contribution in [1.82, 2.24) is 5.43 Å². The summed E-state index contributed by atoms with van der Waals surface area (Å²) in [6.45, 7) is 2.20. The molecule has 1 atom stereocenters. The average Bonchev–Trinajstić information content (AvgIpc) is 2.63. The first kappa shape index (κ1) is 13.5. The van der Waals surface area contributed by atoms with E-state index in [4.69, 9.17) is 5.84 Å². The molecule has 15 heavy (non-hydrogen) atoms. The zero-order chi connectivity index (χ0) is 11.1. The van der Waals surface area contributed by atoms with Gasteiger partial charge in [0.2, 0.25) is 0 Å². The van der Waals surface area contributed by atoms with Gasteiger partial charge in [0.1, 0.15) is 0 Å². The number of hydrogen-bond acceptors (Lipinski definition) is 4. The maximum absolute atomic E-state index is 5.54. The van der Waals surface area contributed by atoms with Crippen molar-refractivity contribution in [2.75, 3.05) is 11.5 Å². The first-order valence-corrected chi connectivity index (χ1v) is 7.85. The van der Waals surface area contributed by atoms with Gasteiger partial charge in [-0.05, 0) is 40.6 Å². The summed E-state index contributed by atoms with van der Waals surface area (Å²) in [6, 6.07) is 2.55. The topological polar surface area (TPSA) is 38.0 Å². The summed E-state index contributed by atoms with van der Waals surface area (Å²) in [5.74, 6) is 7.84. The molecule has 1 rings (SSSR count). The fraction of sp³-hybridized carbons (Fsp3) is 0.600. The molecule has 0 bridgehead atoms. The largest absolute Gasteiger partial charge is 0.271 e. The third-order valence-corrected chi connectivity index (χ3v) is 5.03. The molecule has 0 amide bonds. The normalized spacial score (nSPS) is 13.0. The van der Waals surface area contributed by atoms with Gasteiger partial charge in [0.05, 0.1) is 0 Å². The van der Waals surface area contributed by atoms with Gasteiger partial charge in [0.25, 0.3) is 0 Å². The minimum absolute atomic E-state index is 0.382. The highest BCUT2D eigenvalue weighted by molar-refractivity contribution is 9.10. The van der Waals surface area contributed by atoms with Crippen molar-refractivity contribution in [1.29, 1.82) is 0 Å². The monoisotopic (exact) mass is 308 g/mol. The molecule has 5 heteroatoms. The lowest BCUT2D eigenvalue weighted by molar-refractivity contribution is 0.579. The summed E-state index contributed by atoms with van der Waals surface area (Å²) in [4.78, 5) is 1.38. The van der Waals surface area contributed by atoms with E-state index < -0.39 is 0 Å². The van der Waals surface area contributed by atoms with E-state index in [1.54, 1.807) is 11.3 Å². The lowest BCUT2D eigenvalue weighted by Crippen LogP contribution is -2.38. The van der Waals surface area contributed by atoms with Crippen LogP contribution in [0, 0.1) is 0 Å². The van der Waals surface area contributed by atoms with Crippen molar-refractivity contribution >= 4 is 39.0 Å². The van der Waals surface area contributed by atoms with Crippen molar-refractivity contribution in [2.24, 2.45) is 5.84 Å². The van der Waals surface area contributed by atoms with Gasteiger partial charge >= 0.3 is 0 Å². The maximum atomic E-state index is 5.54. The van der Waals surface area contributed by atoms with E-state index in [2.05, 4.69) is 39.7 Å². The highest BCUT2D eigenvalue weighted by atomic mass is 79.9. The molecule has 0 aliphatic carbocycles. The molecular weight excluding hydrogens is 292 g/mol. The number of hydrazine groups is 1. The van der Waals surface area contributed by atoms with Crippen LogP contribution in [0.4, 0.5) is 0 Å². The summed E-state index contributed by atoms with van der Waals surface area (Å²) in [6.07, 6.45) is 2.25. The van der Waals surface area contributed by atoms with Crippen molar-refractivity contribution in [3.05, 3.63) is 20.8 Å². The molecule has 0 saturated carbocycles. The Balaban J connectivity index is 2.33. The van der Waals surface area contributed by atoms with Gasteiger partial charge in [-0.25, -0.2) is 0 Å². The Morgan fingerprint density at radius 3 is 3.00 bits per heavy atom. The maximum Gasteiger partial charge on any atom is 0.0349 e. The van der Waals surface area contributed by atoms with Crippen molar-refractivity contribution in [3.63, 3.8) is 0 Å². The van der Waals surface area contributed by atoms with E-state index in [-0.39, 0.29) is 0 Å². The number of nitrogens with one attached hydrogen (secondary N) is 1. The van der Waals surface area contributed by atoms with Gasteiger partial charge in [0, 0.05) is 26.5 Å². The zero-order valence-corrected chi connectivity index (χ0v) is 12.1. The third kappa shape index (κ3) is 5.36. The number of halogens is 1. The Bertz CT molecular complexity index is 278. The van der Waals surface area contributed by atoms with Crippen molar-refractivity contribution in [2.45, 2.75) is 25.8 Å². The number of nitrogens with two attached hydrogens (primary N) is 1. The van der Waals surface area contributed by atoms with Crippen LogP contribution < -0.4 is 11.3 Å². The second-order valence-corrected chi connectivity index (χ2v) is 6.44. The van der Waals surface area contributed by atoms with Gasteiger partial charge in [-0.1, -0.05) is 6.92 Å². The van der Waals surface area contributed by atoms with Crippen molar-refractivity contribution < 1.29 is 0 Å². The van der Waals surface area contributed by atoms with Crippen LogP contribution in [-0.2, 0) is 6.42 Å². The Labute approximate surface area is 108 Å². The fourth-order valence-corrected chi connectivity index (χ4v) is 3.73. The predicted molar refractivity (Wildman–Crippen MR) is 74.5 cm³/mol. The quantitative estimate of drug-likeness (QED) is 0.462. The molecule has 2 nitrogen and oxygen atoms in total. The first-order valence-electron chi connectivity index (χ1n) is 5.03. The molecule has 1 aromatic rings. The zero-order valence-electron chi connectivity index (χ0n) is 8.83. The molecule has 1 heterocycles. The fourth-order valence-electron chi connectivity index (χ4n) is 1.24. The van der Waals surface area contributed by atoms with Gasteiger partial charge in [-0.3, -0.25) is 11.3 Å². The van der Waals surface area contributed by atoms with E-state index in [9.17, 15) is 0 Å². The molecule has 0 spiro atoms. The minimum Gasteiger partial charge on any atom is -0.271 e. The molecule has 3 N–H and O–H groups in total. The Morgan fingerprint density at radius 2 is 2.47 bits per heavy atom. The first-order chi connectivity index (χ1) is 7.26. The van der Waals surface area contributed by atoms with Crippen LogP contribution in [0.2, 0.25) is 0 Å². The Morgan fingerprint density at radius 1 is 1.67 bits per heavy atom. The molecule has 0 aliphatic heterocycles. The molecule has 1 aromatic heterocycles. The van der Waals surface area contributed by atoms with Crippen LogP contribution in [0.15, 0.2) is 15.9 Å². The number of rotatable bonds is 7. The van der Waals surface area contributed by atoms with E-state index in [1.807, 2.05) is 11.8 Å². The molecule has 86 valence electrons. The van der Waals surface area contributed by atoms with Gasteiger partial charge in [-0.2, -0.15) is 11.8 Å². The molecule has 0 aliphatic rings. The molecule has 0 fully saturated rings. The van der Waals surface area contributed by atoms with Crippen molar-refractivity contribution in [3.8, 4) is 0 Å². The lowest BCUT2D eigenvalue weighted by atomic mass is 10.2. The third-order valence-electron chi connectivity index (χ3n) is 1.97. The summed E-state index contributed by atoms with van der Waals surface area (Å²) >= 11 is 7.20. The van der Waals surface area contributed by atoms with Crippen LogP contribution >= 0.6 is 39.0 Å². The van der Waals surface area contributed by atoms with Crippen LogP contribution in [0.3, 0.4) is 0 Å². The van der Waals surface area contributed by atoms with Gasteiger partial charge < -0.3 is 0 Å². The second kappa shape index (κ2) is 7.68. The van der Waals surface area contributed by atoms with E-state index in [0.717, 1.165) is 12.2 Å². The summed E-state index contributed by atoms with van der Waals surface area (Å²) in [5.41, 5.74) is 2.89. The van der Waals surface area contributed by atoms with Crippen LogP contribution in [0.5, 0.6) is 0 Å². The standard InChI is InChI=1S/C10H17BrN2S2/c1-2-3-14-7-9(13-12)5-10-4-8(11)6-15-10/h4,6,9,13H,2-3,5,7,12H2,1H3. The number of thioether (sulfide) groups is 1. The Hall–Kier alpha value is 0.450. The van der Waals surface area contributed by atoms with Gasteiger partial charge in [0.15, 0.2) is 0 Å². The van der Waals surface area contributed by atoms with Crippen LogP contribution in [0.1, 0.15) is 18.2 Å². The average molecular weight is 309 g/mol. The molecule has 1 unspecified atom stereocenters. The molecule has 0 aromatic carbocycles. The highest BCUT2D eigenvalue weighted by Gasteiger charge is 2.09. The molecular formula is C10H17BrN2S2. The van der Waals surface area contributed by atoms with Crippen LogP contribution in [-0.4, -0.2) is 17.5 Å². The minimum atomic E-state index is 0.382. The van der Waals surface area contributed by atoms with E-state index in [0.29, 0.717) is 6.04 Å². The summed E-state index contributed by atoms with van der Waals surface area (Å²) < 4.78 is 1.17. The smallest absolute Gasteiger partial charge is 0.0349 e. The molecule has 0 saturated heterocycles. The number of thiophene rings is 1. The van der Waals surface area contributed by atoms with Crippen LogP contribution in [0.25, 0.3) is 0 Å². The Kier molecular flexibility index (Phi) is 6.92. The lowest BCUT2D eigenvalue weighted by Gasteiger charge is -2.13.